The van der Waals surface area contributed by atoms with Gasteiger partial charge in [0.05, 0.1) is 11.5 Å². The van der Waals surface area contributed by atoms with E-state index in [2.05, 4.69) is 13.8 Å². The fraction of sp³-hybridized carbons (Fsp3) is 1.00. The fourth-order valence-electron chi connectivity index (χ4n) is 2.13. The lowest BCUT2D eigenvalue weighted by atomic mass is 10.2. The van der Waals surface area contributed by atoms with E-state index in [9.17, 15) is 16.8 Å². The molecule has 0 fully saturated rings. The highest BCUT2D eigenvalue weighted by Gasteiger charge is 2.25. The third-order valence-corrected chi connectivity index (χ3v) is 6.52. The summed E-state index contributed by atoms with van der Waals surface area (Å²) in [7, 11) is -7.32. The standard InChI is InChI=1S/C16H34O6S2/c1-5-7-9-11-13-23(17,18)21-15(3)16(4)22-24(19,20)14-12-10-8-6-2/h15-16H,5-14H2,1-4H3. The second kappa shape index (κ2) is 12.2. The molecule has 0 N–H and O–H groups in total. The monoisotopic (exact) mass is 386 g/mol. The number of unbranched alkanes of at least 4 members (excludes halogenated alkanes) is 6. The second-order valence-electron chi connectivity index (χ2n) is 6.25. The quantitative estimate of drug-likeness (QED) is 0.315. The van der Waals surface area contributed by atoms with Crippen molar-refractivity contribution in [1.29, 1.82) is 0 Å². The van der Waals surface area contributed by atoms with Gasteiger partial charge >= 0.3 is 0 Å². The summed E-state index contributed by atoms with van der Waals surface area (Å²) in [4.78, 5) is 0. The van der Waals surface area contributed by atoms with Gasteiger partial charge in [0.1, 0.15) is 12.2 Å². The van der Waals surface area contributed by atoms with E-state index >= 15 is 0 Å². The Hall–Kier alpha value is -0.180. The van der Waals surface area contributed by atoms with E-state index in [4.69, 9.17) is 8.37 Å². The topological polar surface area (TPSA) is 86.7 Å². The highest BCUT2D eigenvalue weighted by atomic mass is 32.2. The summed E-state index contributed by atoms with van der Waals surface area (Å²) in [5, 5.41) is 0. The zero-order chi connectivity index (χ0) is 18.6. The molecular formula is C16H34O6S2. The van der Waals surface area contributed by atoms with Crippen molar-refractivity contribution >= 4 is 20.2 Å². The van der Waals surface area contributed by atoms with E-state index in [1.165, 1.54) is 13.8 Å². The van der Waals surface area contributed by atoms with E-state index in [0.717, 1.165) is 38.5 Å². The van der Waals surface area contributed by atoms with Crippen LogP contribution in [-0.4, -0.2) is 40.5 Å². The lowest BCUT2D eigenvalue weighted by Gasteiger charge is -2.20. The molecule has 0 heterocycles. The predicted octanol–water partition coefficient (Wildman–Crippen LogP) is 3.62. The Morgan fingerprint density at radius 3 is 1.25 bits per heavy atom. The Morgan fingerprint density at radius 1 is 0.625 bits per heavy atom. The van der Waals surface area contributed by atoms with Crippen molar-refractivity contribution in [3.8, 4) is 0 Å². The molecule has 0 aromatic rings. The Balaban J connectivity index is 4.31. The number of rotatable bonds is 15. The van der Waals surface area contributed by atoms with Gasteiger partial charge in [-0.15, -0.1) is 0 Å². The van der Waals surface area contributed by atoms with Gasteiger partial charge in [0.2, 0.25) is 0 Å². The molecule has 0 aromatic heterocycles. The predicted molar refractivity (Wildman–Crippen MR) is 97.0 cm³/mol. The SMILES string of the molecule is CCCCCCS(=O)(=O)OC(C)C(C)OS(=O)(=O)CCCCCC. The summed E-state index contributed by atoms with van der Waals surface area (Å²) in [5.74, 6) is -0.0956. The molecule has 0 aliphatic carbocycles. The Bertz CT molecular complexity index is 465. The third-order valence-electron chi connectivity index (χ3n) is 3.75. The Kier molecular flexibility index (Phi) is 12.1. The van der Waals surface area contributed by atoms with Gasteiger partial charge in [0, 0.05) is 0 Å². The maximum Gasteiger partial charge on any atom is 0.267 e. The zero-order valence-electron chi connectivity index (χ0n) is 15.5. The largest absolute Gasteiger partial charge is 0.267 e. The highest BCUT2D eigenvalue weighted by Crippen LogP contribution is 2.14. The van der Waals surface area contributed by atoms with Gasteiger partial charge in [-0.2, -0.15) is 16.8 Å². The normalized spacial score (nSPS) is 15.3. The molecule has 0 rings (SSSR count). The van der Waals surface area contributed by atoms with E-state index in [1.54, 1.807) is 0 Å². The van der Waals surface area contributed by atoms with Gasteiger partial charge in [-0.1, -0.05) is 52.4 Å². The molecule has 0 aliphatic rings. The van der Waals surface area contributed by atoms with Crippen LogP contribution in [0.25, 0.3) is 0 Å². The first-order valence-corrected chi connectivity index (χ1v) is 12.1. The molecule has 146 valence electrons. The Morgan fingerprint density at radius 2 is 0.958 bits per heavy atom. The molecule has 0 bridgehead atoms. The van der Waals surface area contributed by atoms with Crippen molar-refractivity contribution in [1.82, 2.24) is 0 Å². The molecule has 0 aromatic carbocycles. The maximum absolute atomic E-state index is 11.9. The highest BCUT2D eigenvalue weighted by molar-refractivity contribution is 7.87. The first-order valence-electron chi connectivity index (χ1n) is 8.95. The van der Waals surface area contributed by atoms with E-state index in [0.29, 0.717) is 12.8 Å². The lowest BCUT2D eigenvalue weighted by Crippen LogP contribution is -2.32. The first-order chi connectivity index (χ1) is 11.1. The molecule has 24 heavy (non-hydrogen) atoms. The summed E-state index contributed by atoms with van der Waals surface area (Å²) >= 11 is 0. The molecular weight excluding hydrogens is 352 g/mol. The molecule has 0 radical (unpaired) electrons. The smallest absolute Gasteiger partial charge is 0.264 e. The van der Waals surface area contributed by atoms with Crippen LogP contribution in [0.4, 0.5) is 0 Å². The van der Waals surface area contributed by atoms with Crippen molar-refractivity contribution in [2.45, 2.75) is 91.3 Å². The van der Waals surface area contributed by atoms with Gasteiger partial charge in [0.25, 0.3) is 20.2 Å². The van der Waals surface area contributed by atoms with Gasteiger partial charge in [-0.25, -0.2) is 0 Å². The summed E-state index contributed by atoms with van der Waals surface area (Å²) in [5.41, 5.74) is 0. The minimum Gasteiger partial charge on any atom is -0.264 e. The van der Waals surface area contributed by atoms with E-state index in [-0.39, 0.29) is 11.5 Å². The van der Waals surface area contributed by atoms with Crippen molar-refractivity contribution < 1.29 is 25.2 Å². The van der Waals surface area contributed by atoms with Gasteiger partial charge in [0.15, 0.2) is 0 Å². The number of hydrogen-bond donors (Lipinski definition) is 0. The van der Waals surface area contributed by atoms with Gasteiger partial charge in [-0.3, -0.25) is 8.37 Å². The van der Waals surface area contributed by atoms with Gasteiger partial charge < -0.3 is 0 Å². The van der Waals surface area contributed by atoms with Crippen LogP contribution in [0, 0.1) is 0 Å². The van der Waals surface area contributed by atoms with Crippen LogP contribution in [0.15, 0.2) is 0 Å². The number of hydrogen-bond acceptors (Lipinski definition) is 6. The van der Waals surface area contributed by atoms with Crippen LogP contribution < -0.4 is 0 Å². The van der Waals surface area contributed by atoms with Crippen LogP contribution >= 0.6 is 0 Å². The fourth-order valence-corrected chi connectivity index (χ4v) is 4.67. The van der Waals surface area contributed by atoms with Gasteiger partial charge in [-0.05, 0) is 26.7 Å². The Labute approximate surface area is 148 Å². The zero-order valence-corrected chi connectivity index (χ0v) is 17.1. The molecule has 2 atom stereocenters. The van der Waals surface area contributed by atoms with Crippen molar-refractivity contribution in [2.24, 2.45) is 0 Å². The lowest BCUT2D eigenvalue weighted by molar-refractivity contribution is 0.0870. The van der Waals surface area contributed by atoms with Crippen LogP contribution in [0.2, 0.25) is 0 Å². The van der Waals surface area contributed by atoms with E-state index < -0.39 is 32.4 Å². The minimum atomic E-state index is -3.66. The van der Waals surface area contributed by atoms with Crippen molar-refractivity contribution in [3.63, 3.8) is 0 Å². The molecule has 0 spiro atoms. The summed E-state index contributed by atoms with van der Waals surface area (Å²) < 4.78 is 57.7. The summed E-state index contributed by atoms with van der Waals surface area (Å²) in [6, 6.07) is 0. The maximum atomic E-state index is 11.9. The third kappa shape index (κ3) is 12.2. The molecule has 2 unspecified atom stereocenters. The molecule has 0 saturated heterocycles. The molecule has 0 saturated carbocycles. The van der Waals surface area contributed by atoms with Crippen LogP contribution in [-0.2, 0) is 28.6 Å². The van der Waals surface area contributed by atoms with Crippen LogP contribution in [0.5, 0.6) is 0 Å². The van der Waals surface area contributed by atoms with E-state index in [1.807, 2.05) is 0 Å². The molecule has 0 aliphatic heterocycles. The second-order valence-corrected chi connectivity index (χ2v) is 9.68. The van der Waals surface area contributed by atoms with Crippen molar-refractivity contribution in [3.05, 3.63) is 0 Å². The van der Waals surface area contributed by atoms with Crippen molar-refractivity contribution in [2.75, 3.05) is 11.5 Å². The average molecular weight is 387 g/mol. The molecule has 0 amide bonds. The van der Waals surface area contributed by atoms with Crippen LogP contribution in [0.1, 0.15) is 79.1 Å². The molecule has 6 nitrogen and oxygen atoms in total. The van der Waals surface area contributed by atoms with Crippen LogP contribution in [0.3, 0.4) is 0 Å². The summed E-state index contributed by atoms with van der Waals surface area (Å²) in [6.45, 7) is 7.13. The first kappa shape index (κ1) is 23.8. The average Bonchev–Trinajstić information content (AvgIpc) is 2.47. The minimum absolute atomic E-state index is 0.0478. The summed E-state index contributed by atoms with van der Waals surface area (Å²) in [6.07, 6.45) is 5.12. The molecule has 8 heteroatoms.